The minimum absolute atomic E-state index is 0.0663. The van der Waals surface area contributed by atoms with Crippen molar-refractivity contribution in [3.63, 3.8) is 0 Å². The first-order chi connectivity index (χ1) is 14.2. The Kier molecular flexibility index (Phi) is 5.91. The van der Waals surface area contributed by atoms with Gasteiger partial charge in [0.25, 0.3) is 0 Å². The van der Waals surface area contributed by atoms with Gasteiger partial charge in [-0.2, -0.15) is 0 Å². The van der Waals surface area contributed by atoms with E-state index in [1.807, 2.05) is 65.2 Å². The Balaban J connectivity index is 1.49. The number of nitrogens with zero attached hydrogens (tertiary/aromatic N) is 2. The highest BCUT2D eigenvalue weighted by molar-refractivity contribution is 7.99. The number of hydrogen-bond acceptors (Lipinski definition) is 3. The average Bonchev–Trinajstić information content (AvgIpc) is 3.10. The molecule has 0 spiro atoms. The Morgan fingerprint density at radius 2 is 1.69 bits per heavy atom. The Hall–Kier alpha value is -3.12. The van der Waals surface area contributed by atoms with Crippen molar-refractivity contribution >= 4 is 28.7 Å². The third-order valence-corrected chi connectivity index (χ3v) is 5.55. The second-order valence-electron chi connectivity index (χ2n) is 6.61. The molecule has 0 fully saturated rings. The third-order valence-electron chi connectivity index (χ3n) is 4.57. The fraction of sp³-hybridized carbons (Fsp3) is 0.130. The first kappa shape index (κ1) is 19.2. The highest BCUT2D eigenvalue weighted by Gasteiger charge is 2.14. The van der Waals surface area contributed by atoms with Crippen LogP contribution in [-0.2, 0) is 17.9 Å². The van der Waals surface area contributed by atoms with Gasteiger partial charge in [0, 0.05) is 12.1 Å². The topological polar surface area (TPSA) is 46.9 Å². The van der Waals surface area contributed by atoms with Crippen LogP contribution in [0.3, 0.4) is 0 Å². The van der Waals surface area contributed by atoms with Gasteiger partial charge in [0.1, 0.15) is 5.82 Å². The molecule has 6 heteroatoms. The minimum Gasteiger partial charge on any atom is -0.351 e. The number of hydrogen-bond donors (Lipinski definition) is 1. The highest BCUT2D eigenvalue weighted by atomic mass is 32.2. The number of carbonyl (C=O) groups is 1. The lowest BCUT2D eigenvalue weighted by atomic mass is 10.2. The highest BCUT2D eigenvalue weighted by Crippen LogP contribution is 2.25. The van der Waals surface area contributed by atoms with Gasteiger partial charge in [-0.1, -0.05) is 72.4 Å². The number of imidazole rings is 1. The normalized spacial score (nSPS) is 10.9. The van der Waals surface area contributed by atoms with Gasteiger partial charge in [0.2, 0.25) is 5.91 Å². The molecule has 29 heavy (non-hydrogen) atoms. The summed E-state index contributed by atoms with van der Waals surface area (Å²) in [6.45, 7) is 0.854. The lowest BCUT2D eigenvalue weighted by Crippen LogP contribution is -2.24. The number of thioether (sulfide) groups is 1. The van der Waals surface area contributed by atoms with E-state index in [9.17, 15) is 9.18 Å². The Morgan fingerprint density at radius 3 is 2.52 bits per heavy atom. The molecule has 1 amide bonds. The molecule has 0 atom stereocenters. The van der Waals surface area contributed by atoms with E-state index < -0.39 is 0 Å². The standard InChI is InChI=1S/C23H20FN3OS/c24-19-11-5-4-10-18(19)15-27-21-13-7-6-12-20(21)26-23(27)29-16-22(28)25-14-17-8-2-1-3-9-17/h1-13H,14-16H2,(H,25,28). The number of rotatable bonds is 7. The van der Waals surface area contributed by atoms with Crippen molar-refractivity contribution in [1.29, 1.82) is 0 Å². The lowest BCUT2D eigenvalue weighted by Gasteiger charge is -2.10. The van der Waals surface area contributed by atoms with Gasteiger partial charge in [0.05, 0.1) is 23.3 Å². The maximum absolute atomic E-state index is 14.2. The molecular formula is C23H20FN3OS. The van der Waals surface area contributed by atoms with Crippen LogP contribution in [0, 0.1) is 5.82 Å². The molecular weight excluding hydrogens is 385 g/mol. The van der Waals surface area contributed by atoms with Crippen molar-refractivity contribution in [3.8, 4) is 0 Å². The Bertz CT molecular complexity index is 1130. The van der Waals surface area contributed by atoms with Crippen molar-refractivity contribution < 1.29 is 9.18 Å². The number of aromatic nitrogens is 2. The summed E-state index contributed by atoms with van der Waals surface area (Å²) < 4.78 is 16.1. The Labute approximate surface area is 172 Å². The molecule has 0 unspecified atom stereocenters. The van der Waals surface area contributed by atoms with E-state index in [4.69, 9.17) is 0 Å². The van der Waals surface area contributed by atoms with Crippen LogP contribution in [0.4, 0.5) is 4.39 Å². The molecule has 0 radical (unpaired) electrons. The van der Waals surface area contributed by atoms with Crippen molar-refractivity contribution in [3.05, 3.63) is 95.8 Å². The monoisotopic (exact) mass is 405 g/mol. The predicted octanol–water partition coefficient (Wildman–Crippen LogP) is 4.63. The first-order valence-electron chi connectivity index (χ1n) is 9.33. The van der Waals surface area contributed by atoms with Crippen LogP contribution < -0.4 is 5.32 Å². The zero-order valence-corrected chi connectivity index (χ0v) is 16.5. The van der Waals surface area contributed by atoms with E-state index >= 15 is 0 Å². The summed E-state index contributed by atoms with van der Waals surface area (Å²) in [4.78, 5) is 17.0. The summed E-state index contributed by atoms with van der Waals surface area (Å²) in [6.07, 6.45) is 0. The van der Waals surface area contributed by atoms with Crippen molar-refractivity contribution in [2.45, 2.75) is 18.2 Å². The molecule has 1 heterocycles. The number of nitrogens with one attached hydrogen (secondary N) is 1. The quantitative estimate of drug-likeness (QED) is 0.456. The number of para-hydroxylation sites is 2. The fourth-order valence-corrected chi connectivity index (χ4v) is 3.93. The van der Waals surface area contributed by atoms with Crippen molar-refractivity contribution in [2.75, 3.05) is 5.75 Å². The van der Waals surface area contributed by atoms with E-state index in [0.717, 1.165) is 16.6 Å². The van der Waals surface area contributed by atoms with Crippen molar-refractivity contribution in [1.82, 2.24) is 14.9 Å². The van der Waals surface area contributed by atoms with E-state index in [0.29, 0.717) is 23.8 Å². The molecule has 0 saturated heterocycles. The molecule has 0 aliphatic carbocycles. The zero-order valence-electron chi connectivity index (χ0n) is 15.7. The van der Waals surface area contributed by atoms with Crippen LogP contribution in [0.2, 0.25) is 0 Å². The van der Waals surface area contributed by atoms with E-state index in [1.54, 1.807) is 12.1 Å². The Morgan fingerprint density at radius 1 is 0.966 bits per heavy atom. The van der Waals surface area contributed by atoms with E-state index in [2.05, 4.69) is 10.3 Å². The summed E-state index contributed by atoms with van der Waals surface area (Å²) in [6, 6.07) is 24.2. The van der Waals surface area contributed by atoms with Crippen molar-refractivity contribution in [2.24, 2.45) is 0 Å². The molecule has 146 valence electrons. The number of carbonyl (C=O) groups excluding carboxylic acids is 1. The summed E-state index contributed by atoms with van der Waals surface area (Å²) in [7, 11) is 0. The number of benzene rings is 3. The summed E-state index contributed by atoms with van der Waals surface area (Å²) >= 11 is 1.36. The van der Waals surface area contributed by atoms with Crippen LogP contribution in [0.15, 0.2) is 84.0 Å². The third kappa shape index (κ3) is 4.66. The summed E-state index contributed by atoms with van der Waals surface area (Å²) in [5, 5.41) is 3.62. The van der Waals surface area contributed by atoms with Crippen LogP contribution in [0.1, 0.15) is 11.1 Å². The minimum atomic E-state index is -0.248. The predicted molar refractivity (Wildman–Crippen MR) is 114 cm³/mol. The van der Waals surface area contributed by atoms with Crippen LogP contribution in [0.25, 0.3) is 11.0 Å². The van der Waals surface area contributed by atoms with Gasteiger partial charge in [0.15, 0.2) is 5.16 Å². The van der Waals surface area contributed by atoms with E-state index in [1.165, 1.54) is 17.8 Å². The zero-order chi connectivity index (χ0) is 20.1. The second kappa shape index (κ2) is 8.92. The lowest BCUT2D eigenvalue weighted by molar-refractivity contribution is -0.118. The molecule has 1 N–H and O–H groups in total. The smallest absolute Gasteiger partial charge is 0.230 e. The van der Waals surface area contributed by atoms with Gasteiger partial charge >= 0.3 is 0 Å². The fourth-order valence-electron chi connectivity index (χ4n) is 3.09. The summed E-state index contributed by atoms with van der Waals surface area (Å²) in [5.74, 6) is -0.0712. The largest absolute Gasteiger partial charge is 0.351 e. The molecule has 0 saturated carbocycles. The maximum atomic E-state index is 14.2. The second-order valence-corrected chi connectivity index (χ2v) is 7.55. The maximum Gasteiger partial charge on any atom is 0.230 e. The SMILES string of the molecule is O=C(CSc1nc2ccccc2n1Cc1ccccc1F)NCc1ccccc1. The molecule has 0 aliphatic rings. The average molecular weight is 405 g/mol. The van der Waals surface area contributed by atoms with Gasteiger partial charge in [-0.15, -0.1) is 0 Å². The van der Waals surface area contributed by atoms with Gasteiger partial charge in [-0.05, 0) is 23.8 Å². The molecule has 4 aromatic rings. The molecule has 4 nitrogen and oxygen atoms in total. The van der Waals surface area contributed by atoms with E-state index in [-0.39, 0.29) is 17.5 Å². The van der Waals surface area contributed by atoms with Gasteiger partial charge in [-0.25, -0.2) is 9.37 Å². The van der Waals surface area contributed by atoms with Gasteiger partial charge in [-0.3, -0.25) is 4.79 Å². The summed E-state index contributed by atoms with van der Waals surface area (Å²) in [5.41, 5.74) is 3.39. The first-order valence-corrected chi connectivity index (χ1v) is 10.3. The number of amides is 1. The number of fused-ring (bicyclic) bond motifs is 1. The molecule has 0 aliphatic heterocycles. The van der Waals surface area contributed by atoms with Crippen LogP contribution >= 0.6 is 11.8 Å². The van der Waals surface area contributed by atoms with Crippen LogP contribution in [-0.4, -0.2) is 21.2 Å². The van der Waals surface area contributed by atoms with Crippen LogP contribution in [0.5, 0.6) is 0 Å². The number of halogens is 1. The molecule has 0 bridgehead atoms. The molecule has 4 rings (SSSR count). The molecule has 1 aromatic heterocycles. The molecule has 3 aromatic carbocycles. The van der Waals surface area contributed by atoms with Gasteiger partial charge < -0.3 is 9.88 Å².